The molecule has 0 radical (unpaired) electrons. The summed E-state index contributed by atoms with van der Waals surface area (Å²) in [5.74, 6) is -0.808. The third-order valence-electron chi connectivity index (χ3n) is 3.24. The molecule has 0 heterocycles. The maximum absolute atomic E-state index is 11.4. The standard InChI is InChI=1S/C13H14N2O2/c14-9-10-4-3-5-11(8-10)15-13(12(16)17)6-1-2-7-13/h3-5,8,15H,1-2,6-7H2,(H,16,17). The lowest BCUT2D eigenvalue weighted by Gasteiger charge is -2.26. The molecule has 0 unspecified atom stereocenters. The highest BCUT2D eigenvalue weighted by Crippen LogP contribution is 2.33. The van der Waals surface area contributed by atoms with Crippen LogP contribution in [0.2, 0.25) is 0 Å². The van der Waals surface area contributed by atoms with Gasteiger partial charge in [-0.05, 0) is 31.0 Å². The maximum atomic E-state index is 11.4. The minimum absolute atomic E-state index is 0.536. The van der Waals surface area contributed by atoms with Crippen LogP contribution < -0.4 is 5.32 Å². The fraction of sp³-hybridized carbons (Fsp3) is 0.385. The van der Waals surface area contributed by atoms with Crippen LogP contribution in [0.5, 0.6) is 0 Å². The number of aliphatic carboxylic acids is 1. The lowest BCUT2D eigenvalue weighted by atomic mass is 9.97. The van der Waals surface area contributed by atoms with Gasteiger partial charge in [-0.3, -0.25) is 0 Å². The van der Waals surface area contributed by atoms with Crippen molar-refractivity contribution in [3.63, 3.8) is 0 Å². The van der Waals surface area contributed by atoms with Crippen molar-refractivity contribution in [2.45, 2.75) is 31.2 Å². The quantitative estimate of drug-likeness (QED) is 0.836. The van der Waals surface area contributed by atoms with Crippen LogP contribution in [0.1, 0.15) is 31.2 Å². The molecule has 1 aliphatic rings. The fourth-order valence-electron chi connectivity index (χ4n) is 2.31. The van der Waals surface area contributed by atoms with Crippen molar-refractivity contribution in [1.29, 1.82) is 5.26 Å². The summed E-state index contributed by atoms with van der Waals surface area (Å²) < 4.78 is 0. The second-order valence-corrected chi connectivity index (χ2v) is 4.41. The second-order valence-electron chi connectivity index (χ2n) is 4.41. The van der Waals surface area contributed by atoms with Crippen LogP contribution in [0.4, 0.5) is 5.69 Å². The predicted molar refractivity (Wildman–Crippen MR) is 63.6 cm³/mol. The Hall–Kier alpha value is -2.02. The summed E-state index contributed by atoms with van der Waals surface area (Å²) in [5.41, 5.74) is 0.385. The Morgan fingerprint density at radius 2 is 2.12 bits per heavy atom. The number of carbonyl (C=O) groups is 1. The topological polar surface area (TPSA) is 73.1 Å². The molecule has 4 nitrogen and oxygen atoms in total. The number of benzene rings is 1. The summed E-state index contributed by atoms with van der Waals surface area (Å²) in [6.45, 7) is 0. The van der Waals surface area contributed by atoms with Gasteiger partial charge < -0.3 is 10.4 Å². The van der Waals surface area contributed by atoms with Gasteiger partial charge in [0.1, 0.15) is 5.54 Å². The smallest absolute Gasteiger partial charge is 0.329 e. The van der Waals surface area contributed by atoms with Gasteiger partial charge in [-0.15, -0.1) is 0 Å². The summed E-state index contributed by atoms with van der Waals surface area (Å²) >= 11 is 0. The van der Waals surface area contributed by atoms with E-state index in [1.54, 1.807) is 24.3 Å². The summed E-state index contributed by atoms with van der Waals surface area (Å²) in [6.07, 6.45) is 3.13. The highest BCUT2D eigenvalue weighted by molar-refractivity contribution is 5.83. The molecule has 1 fully saturated rings. The van der Waals surface area contributed by atoms with Crippen molar-refractivity contribution in [3.05, 3.63) is 29.8 Å². The molecule has 0 spiro atoms. The van der Waals surface area contributed by atoms with Crippen LogP contribution >= 0.6 is 0 Å². The number of carboxylic acids is 1. The molecule has 1 aromatic rings. The number of hydrogen-bond donors (Lipinski definition) is 2. The molecule has 2 rings (SSSR count). The first-order valence-corrected chi connectivity index (χ1v) is 5.68. The van der Waals surface area contributed by atoms with Crippen LogP contribution in [0, 0.1) is 11.3 Å². The Morgan fingerprint density at radius 1 is 1.41 bits per heavy atom. The van der Waals surface area contributed by atoms with Gasteiger partial charge in [0.2, 0.25) is 0 Å². The fourth-order valence-corrected chi connectivity index (χ4v) is 2.31. The molecule has 1 aromatic carbocycles. The highest BCUT2D eigenvalue weighted by atomic mass is 16.4. The minimum Gasteiger partial charge on any atom is -0.480 e. The molecule has 0 atom stereocenters. The summed E-state index contributed by atoms with van der Waals surface area (Å²) in [5, 5.41) is 21.2. The van der Waals surface area contributed by atoms with Gasteiger partial charge in [-0.2, -0.15) is 5.26 Å². The van der Waals surface area contributed by atoms with Crippen molar-refractivity contribution >= 4 is 11.7 Å². The Kier molecular flexibility index (Phi) is 3.01. The first-order valence-electron chi connectivity index (χ1n) is 5.68. The van der Waals surface area contributed by atoms with Crippen LogP contribution in [-0.2, 0) is 4.79 Å². The number of nitriles is 1. The Labute approximate surface area is 99.9 Å². The van der Waals surface area contributed by atoms with E-state index in [0.29, 0.717) is 24.1 Å². The maximum Gasteiger partial charge on any atom is 0.329 e. The molecule has 1 saturated carbocycles. The Morgan fingerprint density at radius 3 is 2.71 bits per heavy atom. The number of carboxylic acid groups (broad SMARTS) is 1. The lowest BCUT2D eigenvalue weighted by molar-refractivity contribution is -0.142. The van der Waals surface area contributed by atoms with Crippen molar-refractivity contribution in [2.24, 2.45) is 0 Å². The van der Waals surface area contributed by atoms with Gasteiger partial charge in [0.25, 0.3) is 0 Å². The Balaban J connectivity index is 2.24. The van der Waals surface area contributed by atoms with E-state index in [-0.39, 0.29) is 0 Å². The number of anilines is 1. The molecule has 0 aromatic heterocycles. The zero-order chi connectivity index (χ0) is 12.3. The molecule has 4 heteroatoms. The average molecular weight is 230 g/mol. The minimum atomic E-state index is -0.853. The van der Waals surface area contributed by atoms with Gasteiger partial charge in [0.15, 0.2) is 0 Å². The van der Waals surface area contributed by atoms with Crippen molar-refractivity contribution in [2.75, 3.05) is 5.32 Å². The largest absolute Gasteiger partial charge is 0.480 e. The number of nitrogens with zero attached hydrogens (tertiary/aromatic N) is 1. The molecule has 17 heavy (non-hydrogen) atoms. The van der Waals surface area contributed by atoms with Crippen LogP contribution in [-0.4, -0.2) is 16.6 Å². The zero-order valence-corrected chi connectivity index (χ0v) is 9.44. The molecule has 0 bridgehead atoms. The second kappa shape index (κ2) is 4.46. The first kappa shape index (κ1) is 11.5. The van der Waals surface area contributed by atoms with Crippen molar-refractivity contribution in [3.8, 4) is 6.07 Å². The molecular formula is C13H14N2O2. The van der Waals surface area contributed by atoms with Crippen LogP contribution in [0.25, 0.3) is 0 Å². The number of nitrogens with one attached hydrogen (secondary N) is 1. The first-order chi connectivity index (χ1) is 8.16. The van der Waals surface area contributed by atoms with E-state index in [1.165, 1.54) is 0 Å². The van der Waals surface area contributed by atoms with E-state index >= 15 is 0 Å². The zero-order valence-electron chi connectivity index (χ0n) is 9.44. The third kappa shape index (κ3) is 2.23. The molecule has 0 amide bonds. The monoisotopic (exact) mass is 230 g/mol. The molecule has 1 aliphatic carbocycles. The van der Waals surface area contributed by atoms with E-state index in [0.717, 1.165) is 12.8 Å². The van der Waals surface area contributed by atoms with E-state index in [2.05, 4.69) is 5.32 Å². The molecule has 2 N–H and O–H groups in total. The lowest BCUT2D eigenvalue weighted by Crippen LogP contribution is -2.43. The van der Waals surface area contributed by atoms with E-state index in [9.17, 15) is 9.90 Å². The predicted octanol–water partition coefficient (Wildman–Crippen LogP) is 2.37. The SMILES string of the molecule is N#Cc1cccc(NC2(C(=O)O)CCCC2)c1. The summed E-state index contributed by atoms with van der Waals surface area (Å²) in [6, 6.07) is 8.98. The molecule has 88 valence electrons. The Bertz CT molecular complexity index is 471. The molecule has 0 saturated heterocycles. The van der Waals surface area contributed by atoms with Gasteiger partial charge in [-0.25, -0.2) is 4.79 Å². The van der Waals surface area contributed by atoms with Crippen LogP contribution in [0.3, 0.4) is 0 Å². The summed E-state index contributed by atoms with van der Waals surface area (Å²) in [4.78, 5) is 11.4. The third-order valence-corrected chi connectivity index (χ3v) is 3.24. The molecule has 0 aliphatic heterocycles. The van der Waals surface area contributed by atoms with E-state index in [4.69, 9.17) is 5.26 Å². The van der Waals surface area contributed by atoms with E-state index in [1.807, 2.05) is 6.07 Å². The number of rotatable bonds is 3. The normalized spacial score (nSPS) is 17.4. The highest BCUT2D eigenvalue weighted by Gasteiger charge is 2.41. The van der Waals surface area contributed by atoms with Gasteiger partial charge >= 0.3 is 5.97 Å². The number of hydrogen-bond acceptors (Lipinski definition) is 3. The van der Waals surface area contributed by atoms with Crippen LogP contribution in [0.15, 0.2) is 24.3 Å². The van der Waals surface area contributed by atoms with Gasteiger partial charge in [0, 0.05) is 5.69 Å². The van der Waals surface area contributed by atoms with Gasteiger partial charge in [0.05, 0.1) is 11.6 Å². The van der Waals surface area contributed by atoms with E-state index < -0.39 is 11.5 Å². The van der Waals surface area contributed by atoms with Crippen molar-refractivity contribution < 1.29 is 9.90 Å². The van der Waals surface area contributed by atoms with Crippen molar-refractivity contribution in [1.82, 2.24) is 0 Å². The summed E-state index contributed by atoms with van der Waals surface area (Å²) in [7, 11) is 0. The average Bonchev–Trinajstić information content (AvgIpc) is 2.79. The molecular weight excluding hydrogens is 216 g/mol. The van der Waals surface area contributed by atoms with Gasteiger partial charge in [-0.1, -0.05) is 18.9 Å².